The molecule has 4 heteroatoms. The van der Waals surface area contributed by atoms with Crippen molar-refractivity contribution in [3.63, 3.8) is 0 Å². The van der Waals surface area contributed by atoms with Gasteiger partial charge in [0.2, 0.25) is 0 Å². The van der Waals surface area contributed by atoms with Crippen molar-refractivity contribution >= 4 is 34.1 Å². The highest BCUT2D eigenvalue weighted by Gasteiger charge is 2.09. The average molecular weight is 297 g/mol. The Morgan fingerprint density at radius 3 is 2.57 bits per heavy atom. The number of nitrogens with one attached hydrogen (secondary N) is 1. The fourth-order valence-corrected chi connectivity index (χ4v) is 2.33. The maximum absolute atomic E-state index is 12.3. The van der Waals surface area contributed by atoms with E-state index in [1.54, 1.807) is 24.3 Å². The summed E-state index contributed by atoms with van der Waals surface area (Å²) in [5, 5.41) is 4.47. The van der Waals surface area contributed by atoms with Gasteiger partial charge in [0.1, 0.15) is 0 Å². The lowest BCUT2D eigenvalue weighted by atomic mass is 10.1. The van der Waals surface area contributed by atoms with Crippen molar-refractivity contribution in [3.8, 4) is 0 Å². The Morgan fingerprint density at radius 1 is 1.10 bits per heavy atom. The molecule has 0 bridgehead atoms. The molecule has 1 amide bonds. The predicted octanol–water partition coefficient (Wildman–Crippen LogP) is 4.45. The molecule has 0 spiro atoms. The first-order valence-corrected chi connectivity index (χ1v) is 6.94. The molecule has 1 aromatic heterocycles. The summed E-state index contributed by atoms with van der Waals surface area (Å²) in [7, 11) is 0. The molecule has 3 nitrogen and oxygen atoms in total. The molecule has 0 saturated heterocycles. The van der Waals surface area contributed by atoms with Crippen LogP contribution in [0, 0.1) is 6.92 Å². The van der Waals surface area contributed by atoms with Crippen molar-refractivity contribution in [1.29, 1.82) is 0 Å². The molecule has 0 saturated carbocycles. The summed E-state index contributed by atoms with van der Waals surface area (Å²) in [6.45, 7) is 1.91. The number of aryl methyl sites for hydroxylation is 1. The second kappa shape index (κ2) is 5.54. The molecular weight excluding hydrogens is 284 g/mol. The molecule has 0 atom stereocenters. The van der Waals surface area contributed by atoms with Gasteiger partial charge in [-0.1, -0.05) is 29.8 Å². The van der Waals surface area contributed by atoms with E-state index < -0.39 is 0 Å². The van der Waals surface area contributed by atoms with Crippen molar-refractivity contribution in [2.45, 2.75) is 6.92 Å². The number of anilines is 1. The smallest absolute Gasteiger partial charge is 0.255 e. The third kappa shape index (κ3) is 2.88. The van der Waals surface area contributed by atoms with E-state index in [9.17, 15) is 4.79 Å². The topological polar surface area (TPSA) is 42.0 Å². The van der Waals surface area contributed by atoms with E-state index in [-0.39, 0.29) is 5.91 Å². The van der Waals surface area contributed by atoms with Crippen LogP contribution in [0.1, 0.15) is 16.1 Å². The van der Waals surface area contributed by atoms with Crippen LogP contribution in [-0.2, 0) is 0 Å². The van der Waals surface area contributed by atoms with E-state index in [1.807, 2.05) is 37.3 Å². The van der Waals surface area contributed by atoms with Crippen LogP contribution in [0.25, 0.3) is 10.9 Å². The molecular formula is C17H13ClN2O. The normalized spacial score (nSPS) is 10.6. The van der Waals surface area contributed by atoms with Gasteiger partial charge in [0.15, 0.2) is 0 Å². The fraction of sp³-hybridized carbons (Fsp3) is 0.0588. The minimum atomic E-state index is -0.164. The van der Waals surface area contributed by atoms with Crippen LogP contribution in [0.15, 0.2) is 54.6 Å². The minimum absolute atomic E-state index is 0.164. The molecule has 0 aliphatic carbocycles. The number of aromatic nitrogens is 1. The van der Waals surface area contributed by atoms with Crippen LogP contribution < -0.4 is 5.32 Å². The maximum atomic E-state index is 12.3. The lowest BCUT2D eigenvalue weighted by molar-refractivity contribution is 0.102. The summed E-state index contributed by atoms with van der Waals surface area (Å²) in [6.07, 6.45) is 0. The summed E-state index contributed by atoms with van der Waals surface area (Å²) in [5.74, 6) is -0.164. The Hall–Kier alpha value is -2.39. The van der Waals surface area contributed by atoms with Gasteiger partial charge in [0.05, 0.1) is 11.2 Å². The first-order chi connectivity index (χ1) is 10.1. The molecule has 0 radical (unpaired) electrons. The average Bonchev–Trinajstić information content (AvgIpc) is 2.47. The van der Waals surface area contributed by atoms with E-state index in [4.69, 9.17) is 11.6 Å². The van der Waals surface area contributed by atoms with Gasteiger partial charge in [0.25, 0.3) is 5.91 Å². The molecule has 3 aromatic rings. The van der Waals surface area contributed by atoms with Crippen LogP contribution in [0.4, 0.5) is 5.69 Å². The number of nitrogens with zero attached hydrogens (tertiary/aromatic N) is 1. The number of fused-ring (bicyclic) bond motifs is 1. The van der Waals surface area contributed by atoms with Crippen LogP contribution in [0.3, 0.4) is 0 Å². The summed E-state index contributed by atoms with van der Waals surface area (Å²) >= 11 is 5.84. The van der Waals surface area contributed by atoms with Crippen molar-refractivity contribution in [3.05, 3.63) is 70.9 Å². The van der Waals surface area contributed by atoms with Gasteiger partial charge < -0.3 is 5.32 Å². The van der Waals surface area contributed by atoms with Gasteiger partial charge in [0, 0.05) is 21.7 Å². The Labute approximate surface area is 127 Å². The van der Waals surface area contributed by atoms with Crippen LogP contribution in [0.5, 0.6) is 0 Å². The SMILES string of the molecule is Cc1cc(NC(=O)c2ccc(Cl)cc2)c2ccccc2n1. The minimum Gasteiger partial charge on any atom is -0.321 e. The standard InChI is InChI=1S/C17H13ClN2O/c1-11-10-16(14-4-2-3-5-15(14)19-11)20-17(21)12-6-8-13(18)9-7-12/h2-10H,1H3,(H,19,20,21). The lowest BCUT2D eigenvalue weighted by Gasteiger charge is -2.10. The quantitative estimate of drug-likeness (QED) is 0.759. The molecule has 2 aromatic carbocycles. The molecule has 104 valence electrons. The van der Waals surface area contributed by atoms with Gasteiger partial charge in [-0.25, -0.2) is 0 Å². The Balaban J connectivity index is 1.98. The van der Waals surface area contributed by atoms with Gasteiger partial charge in [-0.3, -0.25) is 9.78 Å². The lowest BCUT2D eigenvalue weighted by Crippen LogP contribution is -2.12. The Morgan fingerprint density at radius 2 is 1.81 bits per heavy atom. The van der Waals surface area contributed by atoms with E-state index in [2.05, 4.69) is 10.3 Å². The summed E-state index contributed by atoms with van der Waals surface area (Å²) in [6, 6.07) is 16.4. The van der Waals surface area contributed by atoms with Gasteiger partial charge in [-0.05, 0) is 43.3 Å². The first-order valence-electron chi connectivity index (χ1n) is 6.57. The van der Waals surface area contributed by atoms with Crippen molar-refractivity contribution in [2.24, 2.45) is 0 Å². The number of halogens is 1. The zero-order valence-electron chi connectivity index (χ0n) is 11.4. The maximum Gasteiger partial charge on any atom is 0.255 e. The molecule has 1 heterocycles. The molecule has 0 unspecified atom stereocenters. The third-order valence-corrected chi connectivity index (χ3v) is 3.45. The molecule has 3 rings (SSSR count). The van der Waals surface area contributed by atoms with Gasteiger partial charge in [-0.2, -0.15) is 0 Å². The highest BCUT2D eigenvalue weighted by atomic mass is 35.5. The summed E-state index contributed by atoms with van der Waals surface area (Å²) in [5.41, 5.74) is 3.06. The Kier molecular flexibility index (Phi) is 3.59. The molecule has 0 aliphatic rings. The van der Waals surface area contributed by atoms with Crippen molar-refractivity contribution in [2.75, 3.05) is 5.32 Å². The van der Waals surface area contributed by atoms with Crippen LogP contribution in [-0.4, -0.2) is 10.9 Å². The number of pyridine rings is 1. The largest absolute Gasteiger partial charge is 0.321 e. The summed E-state index contributed by atoms with van der Waals surface area (Å²) < 4.78 is 0. The number of benzene rings is 2. The van der Waals surface area contributed by atoms with Crippen molar-refractivity contribution in [1.82, 2.24) is 4.98 Å². The second-order valence-electron chi connectivity index (χ2n) is 4.79. The fourth-order valence-electron chi connectivity index (χ4n) is 2.21. The van der Waals surface area contributed by atoms with Gasteiger partial charge >= 0.3 is 0 Å². The zero-order chi connectivity index (χ0) is 14.8. The number of hydrogen-bond acceptors (Lipinski definition) is 2. The number of rotatable bonds is 2. The molecule has 21 heavy (non-hydrogen) atoms. The van der Waals surface area contributed by atoms with E-state index in [1.165, 1.54) is 0 Å². The van der Waals surface area contributed by atoms with E-state index in [0.717, 1.165) is 22.3 Å². The van der Waals surface area contributed by atoms with Crippen LogP contribution >= 0.6 is 11.6 Å². The number of carbonyl (C=O) groups is 1. The van der Waals surface area contributed by atoms with E-state index in [0.29, 0.717) is 10.6 Å². The van der Waals surface area contributed by atoms with E-state index >= 15 is 0 Å². The number of amides is 1. The monoisotopic (exact) mass is 296 g/mol. The highest BCUT2D eigenvalue weighted by molar-refractivity contribution is 6.30. The summed E-state index contributed by atoms with van der Waals surface area (Å²) in [4.78, 5) is 16.8. The predicted molar refractivity (Wildman–Crippen MR) is 85.9 cm³/mol. The van der Waals surface area contributed by atoms with Crippen molar-refractivity contribution < 1.29 is 4.79 Å². The second-order valence-corrected chi connectivity index (χ2v) is 5.23. The first kappa shape index (κ1) is 13.6. The highest BCUT2D eigenvalue weighted by Crippen LogP contribution is 2.23. The van der Waals surface area contributed by atoms with Gasteiger partial charge in [-0.15, -0.1) is 0 Å². The zero-order valence-corrected chi connectivity index (χ0v) is 12.2. The third-order valence-electron chi connectivity index (χ3n) is 3.20. The Bertz CT molecular complexity index is 813. The molecule has 0 fully saturated rings. The molecule has 0 aliphatic heterocycles. The number of hydrogen-bond donors (Lipinski definition) is 1. The van der Waals surface area contributed by atoms with Crippen LogP contribution in [0.2, 0.25) is 5.02 Å². The number of carbonyl (C=O) groups excluding carboxylic acids is 1. The number of para-hydroxylation sites is 1. The molecule has 1 N–H and O–H groups in total.